The molecule has 1 aliphatic rings. The van der Waals surface area contributed by atoms with E-state index >= 15 is 0 Å². The first-order valence-corrected chi connectivity index (χ1v) is 12.6. The fraction of sp³-hybridized carbons (Fsp3) is 0.440. The molecule has 3 aromatic heterocycles. The van der Waals surface area contributed by atoms with Gasteiger partial charge in [0.25, 0.3) is 0 Å². The molecule has 2 N–H and O–H groups in total. The van der Waals surface area contributed by atoms with Gasteiger partial charge in [0.1, 0.15) is 22.7 Å². The highest BCUT2D eigenvalue weighted by Gasteiger charge is 2.43. The number of hydrogen-bond acceptors (Lipinski definition) is 8. The smallest absolute Gasteiger partial charge is 0.228 e. The third kappa shape index (κ3) is 4.10. The summed E-state index contributed by atoms with van der Waals surface area (Å²) in [6, 6.07) is 3.93. The number of aromatic nitrogens is 4. The van der Waals surface area contributed by atoms with E-state index in [2.05, 4.69) is 32.4 Å². The number of aryl methyl sites for hydroxylation is 1. The quantitative estimate of drug-likeness (QED) is 0.376. The minimum Gasteiger partial charge on any atom is -0.494 e. The van der Waals surface area contributed by atoms with Crippen molar-refractivity contribution in [3.05, 3.63) is 35.1 Å². The van der Waals surface area contributed by atoms with Crippen molar-refractivity contribution in [2.24, 2.45) is 5.41 Å². The lowest BCUT2D eigenvalue weighted by Gasteiger charge is -2.38. The Hall–Kier alpha value is -3.24. The number of hydrogen-bond donors (Lipinski definition) is 2. The zero-order valence-corrected chi connectivity index (χ0v) is 21.3. The normalized spacial score (nSPS) is 17.5. The molecule has 184 valence electrons. The van der Waals surface area contributed by atoms with Gasteiger partial charge in [-0.15, -0.1) is 11.3 Å². The molecule has 5 rings (SSSR count). The van der Waals surface area contributed by atoms with E-state index in [0.29, 0.717) is 18.9 Å². The summed E-state index contributed by atoms with van der Waals surface area (Å²) in [7, 11) is 5.18. The third-order valence-corrected chi connectivity index (χ3v) is 8.28. The maximum absolute atomic E-state index is 13.5. The molecule has 0 bridgehead atoms. The number of carbonyl (C=O) groups excluding carboxylic acids is 1. The summed E-state index contributed by atoms with van der Waals surface area (Å²) in [6.07, 6.45) is 6.51. The number of nitrogens with zero attached hydrogens (tertiary/aromatic N) is 4. The summed E-state index contributed by atoms with van der Waals surface area (Å²) in [5.41, 5.74) is 2.57. The number of likely N-dealkylation sites (N-methyl/N-ethyl adjacent to an activating group) is 1. The van der Waals surface area contributed by atoms with E-state index in [1.54, 1.807) is 38.1 Å². The third-order valence-electron chi connectivity index (χ3n) is 7.14. The van der Waals surface area contributed by atoms with Crippen LogP contribution in [0.4, 0.5) is 11.5 Å². The monoisotopic (exact) mass is 494 g/mol. The summed E-state index contributed by atoms with van der Waals surface area (Å²) >= 11 is 1.67. The van der Waals surface area contributed by atoms with Crippen LogP contribution in [0.3, 0.4) is 0 Å². The van der Waals surface area contributed by atoms with Crippen LogP contribution < -0.4 is 10.1 Å². The first kappa shape index (κ1) is 23.5. The van der Waals surface area contributed by atoms with Crippen molar-refractivity contribution >= 4 is 49.9 Å². The van der Waals surface area contributed by atoms with E-state index < -0.39 is 5.41 Å². The number of carbonyl (C=O) groups is 1. The molecular formula is C25H30N6O3S. The van der Waals surface area contributed by atoms with Gasteiger partial charge in [0.15, 0.2) is 0 Å². The predicted octanol–water partition coefficient (Wildman–Crippen LogP) is 4.31. The van der Waals surface area contributed by atoms with Crippen molar-refractivity contribution in [2.75, 3.05) is 39.7 Å². The van der Waals surface area contributed by atoms with E-state index in [4.69, 9.17) is 9.47 Å². The Morgan fingerprint density at radius 2 is 2.17 bits per heavy atom. The van der Waals surface area contributed by atoms with Crippen LogP contribution in [0.2, 0.25) is 0 Å². The minimum atomic E-state index is -0.396. The molecule has 0 radical (unpaired) electrons. The molecule has 9 nitrogen and oxygen atoms in total. The minimum absolute atomic E-state index is 0.197. The molecule has 10 heteroatoms. The summed E-state index contributed by atoms with van der Waals surface area (Å²) in [5, 5.41) is 12.6. The van der Waals surface area contributed by atoms with Gasteiger partial charge in [-0.1, -0.05) is 6.92 Å². The van der Waals surface area contributed by atoms with E-state index in [-0.39, 0.29) is 5.91 Å². The molecule has 3 heterocycles. The van der Waals surface area contributed by atoms with E-state index in [1.807, 2.05) is 24.1 Å². The van der Waals surface area contributed by atoms with Crippen LogP contribution in [0.15, 0.2) is 24.7 Å². The molecule has 0 unspecified atom stereocenters. The fourth-order valence-electron chi connectivity index (χ4n) is 5.03. The Labute approximate surface area is 207 Å². The molecule has 1 aliphatic carbocycles. The molecule has 0 aliphatic heterocycles. The number of methoxy groups -OCH3 is 2. The first-order valence-electron chi connectivity index (χ1n) is 11.8. The van der Waals surface area contributed by atoms with Gasteiger partial charge in [0, 0.05) is 37.0 Å². The molecule has 0 saturated carbocycles. The molecule has 1 amide bonds. The molecule has 0 saturated heterocycles. The zero-order valence-electron chi connectivity index (χ0n) is 20.5. The van der Waals surface area contributed by atoms with E-state index in [9.17, 15) is 4.79 Å². The Balaban J connectivity index is 1.50. The molecular weight excluding hydrogens is 464 g/mol. The summed E-state index contributed by atoms with van der Waals surface area (Å²) in [6.45, 7) is 3.25. The summed E-state index contributed by atoms with van der Waals surface area (Å²) < 4.78 is 10.8. The Kier molecular flexibility index (Phi) is 6.33. The predicted molar refractivity (Wildman–Crippen MR) is 138 cm³/mol. The number of anilines is 2. The van der Waals surface area contributed by atoms with Crippen LogP contribution in [0.1, 0.15) is 30.2 Å². The van der Waals surface area contributed by atoms with Gasteiger partial charge in [-0.2, -0.15) is 5.10 Å². The highest BCUT2D eigenvalue weighted by molar-refractivity contribution is 7.19. The average molecular weight is 495 g/mol. The van der Waals surface area contributed by atoms with Crippen LogP contribution in [-0.4, -0.2) is 65.4 Å². The molecule has 0 fully saturated rings. The number of H-pyrrole nitrogens is 1. The van der Waals surface area contributed by atoms with Crippen molar-refractivity contribution in [3.8, 4) is 5.75 Å². The highest BCUT2D eigenvalue weighted by atomic mass is 32.1. The van der Waals surface area contributed by atoms with Crippen LogP contribution in [-0.2, 0) is 22.4 Å². The maximum Gasteiger partial charge on any atom is 0.228 e. The highest BCUT2D eigenvalue weighted by Crippen LogP contribution is 2.47. The van der Waals surface area contributed by atoms with Crippen LogP contribution in [0.5, 0.6) is 5.75 Å². The Morgan fingerprint density at radius 3 is 2.94 bits per heavy atom. The largest absolute Gasteiger partial charge is 0.494 e. The van der Waals surface area contributed by atoms with Gasteiger partial charge in [0.2, 0.25) is 5.91 Å². The average Bonchev–Trinajstić information content (AvgIpc) is 3.49. The summed E-state index contributed by atoms with van der Waals surface area (Å²) in [5.74, 6) is 1.65. The maximum atomic E-state index is 13.5. The Bertz CT molecular complexity index is 1380. The van der Waals surface area contributed by atoms with Crippen LogP contribution in [0, 0.1) is 5.41 Å². The first-order chi connectivity index (χ1) is 17.0. The number of ether oxygens (including phenoxy) is 2. The van der Waals surface area contributed by atoms with Crippen molar-refractivity contribution in [2.45, 2.75) is 32.6 Å². The fourth-order valence-corrected chi connectivity index (χ4v) is 6.37. The van der Waals surface area contributed by atoms with Gasteiger partial charge >= 0.3 is 0 Å². The van der Waals surface area contributed by atoms with Gasteiger partial charge in [0.05, 0.1) is 41.9 Å². The second kappa shape index (κ2) is 9.43. The van der Waals surface area contributed by atoms with Gasteiger partial charge in [-0.25, -0.2) is 9.97 Å². The van der Waals surface area contributed by atoms with Crippen LogP contribution >= 0.6 is 11.3 Å². The molecule has 1 aromatic carbocycles. The number of aromatic amines is 1. The van der Waals surface area contributed by atoms with Gasteiger partial charge < -0.3 is 19.7 Å². The second-order valence-corrected chi connectivity index (χ2v) is 10.2. The molecule has 35 heavy (non-hydrogen) atoms. The number of amides is 1. The number of rotatable bonds is 8. The van der Waals surface area contributed by atoms with Crippen molar-refractivity contribution in [3.63, 3.8) is 0 Å². The number of fused-ring (bicyclic) bond motifs is 4. The number of thiophene rings is 1. The van der Waals surface area contributed by atoms with E-state index in [0.717, 1.165) is 58.3 Å². The summed E-state index contributed by atoms with van der Waals surface area (Å²) in [4.78, 5) is 26.6. The van der Waals surface area contributed by atoms with Crippen molar-refractivity contribution in [1.82, 2.24) is 25.1 Å². The van der Waals surface area contributed by atoms with Gasteiger partial charge in [-0.05, 0) is 37.3 Å². The lowest BCUT2D eigenvalue weighted by atomic mass is 9.71. The van der Waals surface area contributed by atoms with Crippen molar-refractivity contribution in [1.29, 1.82) is 0 Å². The topological polar surface area (TPSA) is 105 Å². The zero-order chi connectivity index (χ0) is 24.6. The molecule has 4 aromatic rings. The lowest BCUT2D eigenvalue weighted by Crippen LogP contribution is -2.45. The number of benzene rings is 1. The van der Waals surface area contributed by atoms with Crippen LogP contribution in [0.25, 0.3) is 21.1 Å². The molecule has 0 spiro atoms. The second-order valence-electron chi connectivity index (χ2n) is 9.07. The van der Waals surface area contributed by atoms with Crippen molar-refractivity contribution < 1.29 is 14.3 Å². The standard InChI is InChI=1S/C25H30N6O3S/c1-5-25(24(32)31(2)8-9-33-3)7-6-16-20(12-25)35-23-21(16)22(26-14-27-23)29-18-10-15-13-28-30-17(15)11-19(18)34-4/h10-11,13-14H,5-9,12H2,1-4H3,(H,28,30)(H,26,27,29)/t25-/m1/s1. The lowest BCUT2D eigenvalue weighted by molar-refractivity contribution is -0.142. The SMILES string of the molecule is CC[C@@]1(C(=O)N(C)CCOC)CCc2c(sc3ncnc(Nc4cc5cn[nH]c5cc4OC)c23)C1. The molecule has 1 atom stereocenters. The number of nitrogens with one attached hydrogen (secondary N) is 2. The van der Waals surface area contributed by atoms with Gasteiger partial charge in [-0.3, -0.25) is 9.89 Å². The van der Waals surface area contributed by atoms with E-state index in [1.165, 1.54) is 10.4 Å². The Morgan fingerprint density at radius 1 is 1.31 bits per heavy atom.